The van der Waals surface area contributed by atoms with E-state index in [0.29, 0.717) is 12.0 Å². The number of likely N-dealkylation sites (tertiary alicyclic amines) is 1. The second kappa shape index (κ2) is 8.31. The summed E-state index contributed by atoms with van der Waals surface area (Å²) < 4.78 is 1.06. The van der Waals surface area contributed by atoms with Crippen molar-refractivity contribution in [3.8, 4) is 0 Å². The van der Waals surface area contributed by atoms with Crippen LogP contribution in [0.5, 0.6) is 0 Å². The maximum absolute atomic E-state index is 13.3. The summed E-state index contributed by atoms with van der Waals surface area (Å²) in [6.07, 6.45) is 7.22. The van der Waals surface area contributed by atoms with Gasteiger partial charge in [0.1, 0.15) is 0 Å². The zero-order valence-electron chi connectivity index (χ0n) is 18.8. The first-order chi connectivity index (χ1) is 15.1. The predicted octanol–water partition coefficient (Wildman–Crippen LogP) is 4.56. The van der Waals surface area contributed by atoms with E-state index in [4.69, 9.17) is 0 Å². The molecule has 2 heterocycles. The molecule has 0 spiro atoms. The second-order valence-corrected chi connectivity index (χ2v) is 10.3. The fourth-order valence-electron chi connectivity index (χ4n) is 6.38. The van der Waals surface area contributed by atoms with Gasteiger partial charge in [0, 0.05) is 12.8 Å². The first-order valence-corrected chi connectivity index (χ1v) is 12.1. The van der Waals surface area contributed by atoms with Crippen LogP contribution in [0.2, 0.25) is 0 Å². The Bertz CT molecular complexity index is 895. The molecule has 4 nitrogen and oxygen atoms in total. The molecule has 5 rings (SSSR count). The van der Waals surface area contributed by atoms with Gasteiger partial charge in [-0.25, -0.2) is 4.79 Å². The summed E-state index contributed by atoms with van der Waals surface area (Å²) >= 11 is 0. The van der Waals surface area contributed by atoms with Crippen LogP contribution in [0.4, 0.5) is 4.79 Å². The first-order valence-electron chi connectivity index (χ1n) is 12.1. The van der Waals surface area contributed by atoms with Crippen molar-refractivity contribution in [2.24, 2.45) is 5.92 Å². The Balaban J connectivity index is 1.31. The van der Waals surface area contributed by atoms with E-state index in [1.54, 1.807) is 0 Å². The van der Waals surface area contributed by atoms with E-state index in [0.717, 1.165) is 43.5 Å². The van der Waals surface area contributed by atoms with Gasteiger partial charge in [-0.1, -0.05) is 73.5 Å². The largest absolute Gasteiger partial charge is 0.326 e. The van der Waals surface area contributed by atoms with Gasteiger partial charge in [-0.05, 0) is 29.9 Å². The minimum atomic E-state index is -0.217. The molecule has 1 saturated carbocycles. The lowest BCUT2D eigenvalue weighted by Crippen LogP contribution is -2.48. The fourth-order valence-corrected chi connectivity index (χ4v) is 6.38. The summed E-state index contributed by atoms with van der Waals surface area (Å²) in [6.45, 7) is 4.19. The maximum Gasteiger partial charge on any atom is 0.318 e. The van der Waals surface area contributed by atoms with E-state index in [9.17, 15) is 4.79 Å². The molecular weight excluding hydrogens is 382 g/mol. The molecule has 1 N–H and O–H groups in total. The van der Waals surface area contributed by atoms with E-state index in [-0.39, 0.29) is 11.6 Å². The molecule has 1 aliphatic carbocycles. The number of likely N-dealkylation sites (N-methyl/N-ethyl adjacent to an activating group) is 1. The lowest BCUT2D eigenvalue weighted by Gasteiger charge is -2.36. The molecule has 2 aromatic carbocycles. The van der Waals surface area contributed by atoms with Crippen molar-refractivity contribution in [1.82, 2.24) is 10.2 Å². The lowest BCUT2D eigenvalue weighted by atomic mass is 9.77. The summed E-state index contributed by atoms with van der Waals surface area (Å²) in [4.78, 5) is 15.5. The van der Waals surface area contributed by atoms with E-state index in [1.807, 2.05) is 0 Å². The van der Waals surface area contributed by atoms with Crippen LogP contribution in [0.1, 0.15) is 43.2 Å². The van der Waals surface area contributed by atoms with Gasteiger partial charge in [0.05, 0.1) is 44.8 Å². The molecule has 2 aliphatic heterocycles. The average Bonchev–Trinajstić information content (AvgIpc) is 3.54. The van der Waals surface area contributed by atoms with Gasteiger partial charge < -0.3 is 14.7 Å². The minimum absolute atomic E-state index is 0.150. The van der Waals surface area contributed by atoms with Crippen molar-refractivity contribution in [2.75, 3.05) is 33.2 Å². The third kappa shape index (κ3) is 3.98. The van der Waals surface area contributed by atoms with Crippen molar-refractivity contribution in [1.29, 1.82) is 0 Å². The van der Waals surface area contributed by atoms with Crippen molar-refractivity contribution >= 4 is 6.03 Å². The zero-order valence-corrected chi connectivity index (χ0v) is 18.8. The van der Waals surface area contributed by atoms with Crippen LogP contribution < -0.4 is 5.32 Å². The molecule has 3 aliphatic rings. The number of hydrogen-bond donors (Lipinski definition) is 1. The molecule has 4 heteroatoms. The fraction of sp³-hybridized carbons (Fsp3) is 0.519. The number of urea groups is 1. The van der Waals surface area contributed by atoms with Crippen molar-refractivity contribution < 1.29 is 9.28 Å². The predicted molar refractivity (Wildman–Crippen MR) is 125 cm³/mol. The van der Waals surface area contributed by atoms with Crippen LogP contribution >= 0.6 is 0 Å². The topological polar surface area (TPSA) is 32.3 Å². The number of carbonyl (C=O) groups is 1. The Hall–Kier alpha value is -2.33. The molecule has 0 aromatic heterocycles. The number of nitrogens with one attached hydrogen (secondary N) is 1. The number of carbonyl (C=O) groups excluding carboxylic acids is 1. The SMILES string of the molecule is C[N+]1(CCc2ccccc2)CC[C@@H](N2CC(c3ccccc3)(C3CCCC3)NC2=O)C1. The second-order valence-electron chi connectivity index (χ2n) is 10.3. The van der Waals surface area contributed by atoms with E-state index in [1.165, 1.54) is 36.8 Å². The smallest absolute Gasteiger partial charge is 0.318 e. The molecule has 0 radical (unpaired) electrons. The summed E-state index contributed by atoms with van der Waals surface area (Å²) in [5.74, 6) is 0.546. The molecular formula is C27H36N3O+. The van der Waals surface area contributed by atoms with Crippen molar-refractivity contribution in [3.05, 3.63) is 71.8 Å². The molecule has 3 atom stereocenters. The van der Waals surface area contributed by atoms with Crippen LogP contribution in [0.3, 0.4) is 0 Å². The highest BCUT2D eigenvalue weighted by Gasteiger charge is 2.53. The summed E-state index contributed by atoms with van der Waals surface area (Å²) in [5, 5.41) is 3.52. The molecule has 3 fully saturated rings. The summed E-state index contributed by atoms with van der Waals surface area (Å²) in [7, 11) is 2.37. The quantitative estimate of drug-likeness (QED) is 0.686. The maximum atomic E-state index is 13.3. The number of amides is 2. The number of rotatable bonds is 6. The van der Waals surface area contributed by atoms with Crippen LogP contribution in [-0.2, 0) is 12.0 Å². The van der Waals surface area contributed by atoms with Gasteiger partial charge in [-0.2, -0.15) is 0 Å². The normalized spacial score (nSPS) is 31.3. The van der Waals surface area contributed by atoms with Crippen molar-refractivity contribution in [2.45, 2.75) is 50.1 Å². The molecule has 2 amide bonds. The Labute approximate surface area is 186 Å². The number of benzene rings is 2. The Kier molecular flexibility index (Phi) is 5.51. The molecule has 0 bridgehead atoms. The van der Waals surface area contributed by atoms with E-state index in [2.05, 4.69) is 77.9 Å². The van der Waals surface area contributed by atoms with Crippen LogP contribution in [0.15, 0.2) is 60.7 Å². The summed E-state index contributed by atoms with van der Waals surface area (Å²) in [6, 6.07) is 22.0. The average molecular weight is 419 g/mol. The van der Waals surface area contributed by atoms with Gasteiger partial charge in [0.2, 0.25) is 0 Å². The highest BCUT2D eigenvalue weighted by Crippen LogP contribution is 2.44. The van der Waals surface area contributed by atoms with E-state index < -0.39 is 0 Å². The molecule has 31 heavy (non-hydrogen) atoms. The number of quaternary nitrogens is 1. The minimum Gasteiger partial charge on any atom is -0.326 e. The van der Waals surface area contributed by atoms with Crippen molar-refractivity contribution in [3.63, 3.8) is 0 Å². The van der Waals surface area contributed by atoms with Crippen LogP contribution in [-0.4, -0.2) is 54.7 Å². The molecule has 2 unspecified atom stereocenters. The van der Waals surface area contributed by atoms with Gasteiger partial charge in [-0.3, -0.25) is 0 Å². The molecule has 2 saturated heterocycles. The Morgan fingerprint density at radius 1 is 1.00 bits per heavy atom. The lowest BCUT2D eigenvalue weighted by molar-refractivity contribution is -0.898. The van der Waals surface area contributed by atoms with E-state index >= 15 is 0 Å². The Morgan fingerprint density at radius 3 is 2.39 bits per heavy atom. The number of nitrogens with zero attached hydrogens (tertiary/aromatic N) is 2. The zero-order chi connectivity index (χ0) is 21.3. The summed E-state index contributed by atoms with van der Waals surface area (Å²) in [5.41, 5.74) is 2.48. The van der Waals surface area contributed by atoms with Gasteiger partial charge in [-0.15, -0.1) is 0 Å². The Morgan fingerprint density at radius 2 is 1.68 bits per heavy atom. The molecule has 2 aromatic rings. The third-order valence-electron chi connectivity index (χ3n) is 8.23. The van der Waals surface area contributed by atoms with Gasteiger partial charge in [0.15, 0.2) is 0 Å². The highest BCUT2D eigenvalue weighted by atomic mass is 16.2. The number of hydrogen-bond acceptors (Lipinski definition) is 1. The van der Waals surface area contributed by atoms with Gasteiger partial charge in [0.25, 0.3) is 0 Å². The third-order valence-corrected chi connectivity index (χ3v) is 8.23. The standard InChI is InChI=1S/C27H35N3O/c1-30(18-16-22-10-4-2-5-11-22)19-17-25(20-30)29-21-27(28-26(29)31,24-14-8-9-15-24)23-12-6-3-7-13-23/h2-7,10-13,24-25H,8-9,14-21H2,1H3/p+1/t25-,27?,30?/m1/s1. The monoisotopic (exact) mass is 418 g/mol. The van der Waals surface area contributed by atoms with Gasteiger partial charge >= 0.3 is 6.03 Å². The van der Waals surface area contributed by atoms with Crippen LogP contribution in [0.25, 0.3) is 0 Å². The first kappa shape index (κ1) is 20.6. The van der Waals surface area contributed by atoms with Crippen LogP contribution in [0, 0.1) is 5.92 Å². The molecule has 164 valence electrons. The highest BCUT2D eigenvalue weighted by molar-refractivity contribution is 5.79.